The zero-order valence-electron chi connectivity index (χ0n) is 23.3. The molecule has 7 nitrogen and oxygen atoms in total. The van der Waals surface area contributed by atoms with E-state index in [0.29, 0.717) is 12.8 Å². The smallest absolute Gasteiger partial charge is 0.418 e. The molecular formula is C33H29F3N2O5. The Morgan fingerprint density at radius 1 is 0.837 bits per heavy atom. The Labute approximate surface area is 246 Å². The summed E-state index contributed by atoms with van der Waals surface area (Å²) in [6.45, 7) is 1.02. The molecule has 0 radical (unpaired) electrons. The molecule has 3 amide bonds. The van der Waals surface area contributed by atoms with Crippen molar-refractivity contribution in [2.24, 2.45) is 11.8 Å². The molecule has 1 heterocycles. The number of nitrogens with zero attached hydrogens (tertiary/aromatic N) is 1. The van der Waals surface area contributed by atoms with E-state index in [9.17, 15) is 32.3 Å². The van der Waals surface area contributed by atoms with E-state index in [4.69, 9.17) is 4.74 Å². The summed E-state index contributed by atoms with van der Waals surface area (Å²) in [7, 11) is 0. The normalized spacial score (nSPS) is 22.5. The third kappa shape index (κ3) is 4.78. The number of anilines is 1. The Kier molecular flexibility index (Phi) is 7.31. The summed E-state index contributed by atoms with van der Waals surface area (Å²) in [5.41, 5.74) is 2.49. The molecule has 2 bridgehead atoms. The number of amides is 3. The lowest BCUT2D eigenvalue weighted by atomic mass is 9.55. The molecule has 1 N–H and O–H groups in total. The molecule has 1 fully saturated rings. The van der Waals surface area contributed by atoms with Gasteiger partial charge in [-0.15, -0.1) is 0 Å². The van der Waals surface area contributed by atoms with E-state index in [2.05, 4.69) is 5.32 Å². The number of rotatable bonds is 8. The van der Waals surface area contributed by atoms with Crippen LogP contribution < -0.4 is 5.32 Å². The number of ether oxygens (including phenoxy) is 1. The van der Waals surface area contributed by atoms with Gasteiger partial charge in [0, 0.05) is 11.8 Å². The quantitative estimate of drug-likeness (QED) is 0.271. The molecule has 3 aromatic rings. The molecule has 43 heavy (non-hydrogen) atoms. The highest BCUT2D eigenvalue weighted by Crippen LogP contribution is 2.61. The fourth-order valence-electron chi connectivity index (χ4n) is 7.02. The fourth-order valence-corrected chi connectivity index (χ4v) is 7.02. The number of benzene rings is 3. The van der Waals surface area contributed by atoms with Gasteiger partial charge in [-0.2, -0.15) is 13.2 Å². The molecule has 1 aliphatic heterocycles. The summed E-state index contributed by atoms with van der Waals surface area (Å²) >= 11 is 0. The molecule has 3 atom stereocenters. The van der Waals surface area contributed by atoms with E-state index in [-0.39, 0.29) is 18.3 Å². The van der Waals surface area contributed by atoms with Gasteiger partial charge in [-0.1, -0.05) is 80.4 Å². The zero-order valence-corrected chi connectivity index (χ0v) is 23.3. The monoisotopic (exact) mass is 590 g/mol. The van der Waals surface area contributed by atoms with Gasteiger partial charge >= 0.3 is 12.1 Å². The Morgan fingerprint density at radius 3 is 1.81 bits per heavy atom. The molecule has 3 aliphatic carbocycles. The standard InChI is InChI=1S/C33H29F3N2O5/c1-2-3-16-24(32(42)43-17-25(39)37-23-15-9-8-14-22(23)33(34,35)36)38-30(40)28-26-18-10-4-5-11-19(18)27(29(28)31(38)41)21-13-7-6-12-20(21)26/h4-15,24,26-29H,2-3,16-17H2,1H3,(H,37,39)/t24-,26?,27?,28-,29+/m1/s1. The maximum atomic E-state index is 14.1. The highest BCUT2D eigenvalue weighted by Gasteiger charge is 2.63. The summed E-state index contributed by atoms with van der Waals surface area (Å²) in [5, 5.41) is 2.14. The van der Waals surface area contributed by atoms with E-state index >= 15 is 0 Å². The number of alkyl halides is 3. The summed E-state index contributed by atoms with van der Waals surface area (Å²) in [6.07, 6.45) is -3.38. The van der Waals surface area contributed by atoms with Gasteiger partial charge in [0.2, 0.25) is 11.8 Å². The Hall–Kier alpha value is -4.47. The summed E-state index contributed by atoms with van der Waals surface area (Å²) in [6, 6.07) is 18.8. The van der Waals surface area contributed by atoms with Gasteiger partial charge in [0.15, 0.2) is 6.61 Å². The predicted molar refractivity (Wildman–Crippen MR) is 150 cm³/mol. The number of halogens is 3. The van der Waals surface area contributed by atoms with Gasteiger partial charge in [-0.25, -0.2) is 4.79 Å². The van der Waals surface area contributed by atoms with E-state index in [1.54, 1.807) is 0 Å². The van der Waals surface area contributed by atoms with Gasteiger partial charge in [-0.3, -0.25) is 19.3 Å². The number of imide groups is 1. The molecule has 4 aliphatic rings. The molecular weight excluding hydrogens is 561 g/mol. The van der Waals surface area contributed by atoms with Crippen molar-refractivity contribution in [2.75, 3.05) is 11.9 Å². The average Bonchev–Trinajstić information content (AvgIpc) is 3.26. The van der Waals surface area contributed by atoms with Gasteiger partial charge < -0.3 is 10.1 Å². The predicted octanol–water partition coefficient (Wildman–Crippen LogP) is 5.64. The lowest BCUT2D eigenvalue weighted by Crippen LogP contribution is -2.47. The second-order valence-electron chi connectivity index (χ2n) is 11.2. The summed E-state index contributed by atoms with van der Waals surface area (Å²) < 4.78 is 45.2. The van der Waals surface area contributed by atoms with Gasteiger partial charge in [0.1, 0.15) is 6.04 Å². The third-order valence-corrected chi connectivity index (χ3v) is 8.75. The van der Waals surface area contributed by atoms with Crippen molar-refractivity contribution in [3.8, 4) is 0 Å². The SMILES string of the molecule is CCCC[C@H](C(=O)OCC(=O)Nc1ccccc1C(F)(F)F)N1C(=O)[C@@H]2C3c4ccccc4C(c4ccccc43)[C@@H]2C1=O. The zero-order chi connectivity index (χ0) is 30.5. The van der Waals surface area contributed by atoms with Crippen LogP contribution in [0.5, 0.6) is 0 Å². The third-order valence-electron chi connectivity index (χ3n) is 8.75. The molecule has 0 saturated carbocycles. The second kappa shape index (κ2) is 11.0. The molecule has 3 aromatic carbocycles. The van der Waals surface area contributed by atoms with Crippen molar-refractivity contribution >= 4 is 29.4 Å². The molecule has 0 spiro atoms. The highest BCUT2D eigenvalue weighted by molar-refractivity contribution is 6.10. The molecule has 0 aromatic heterocycles. The number of carbonyl (C=O) groups is 4. The fraction of sp³-hybridized carbons (Fsp3) is 0.333. The number of hydrogen-bond acceptors (Lipinski definition) is 5. The lowest BCUT2D eigenvalue weighted by molar-refractivity contribution is -0.160. The first-order valence-corrected chi connectivity index (χ1v) is 14.3. The molecule has 0 unspecified atom stereocenters. The minimum Gasteiger partial charge on any atom is -0.454 e. The molecule has 222 valence electrons. The summed E-state index contributed by atoms with van der Waals surface area (Å²) in [5.74, 6) is -4.86. The van der Waals surface area contributed by atoms with Crippen molar-refractivity contribution in [3.05, 3.63) is 101 Å². The first kappa shape index (κ1) is 28.6. The summed E-state index contributed by atoms with van der Waals surface area (Å²) in [4.78, 5) is 55.1. The van der Waals surface area contributed by atoms with Crippen LogP contribution in [-0.2, 0) is 30.1 Å². The number of nitrogens with one attached hydrogen (secondary N) is 1. The maximum Gasteiger partial charge on any atom is 0.418 e. The van der Waals surface area contributed by atoms with Crippen LogP contribution in [0.15, 0.2) is 72.8 Å². The van der Waals surface area contributed by atoms with Crippen molar-refractivity contribution in [2.45, 2.75) is 50.2 Å². The number of carbonyl (C=O) groups excluding carboxylic acids is 4. The van der Waals surface area contributed by atoms with E-state index < -0.39 is 65.6 Å². The Morgan fingerprint density at radius 2 is 1.33 bits per heavy atom. The Bertz CT molecular complexity index is 1500. The van der Waals surface area contributed by atoms with Crippen LogP contribution in [0.1, 0.15) is 65.8 Å². The average molecular weight is 591 g/mol. The maximum absolute atomic E-state index is 14.1. The van der Waals surface area contributed by atoms with Crippen LogP contribution in [0.3, 0.4) is 0 Å². The van der Waals surface area contributed by atoms with E-state index in [1.165, 1.54) is 12.1 Å². The number of unbranched alkanes of at least 4 members (excludes halogenated alkanes) is 1. The van der Waals surface area contributed by atoms with Crippen molar-refractivity contribution in [3.63, 3.8) is 0 Å². The molecule has 10 heteroatoms. The van der Waals surface area contributed by atoms with E-state index in [0.717, 1.165) is 39.3 Å². The van der Waals surface area contributed by atoms with Crippen molar-refractivity contribution in [1.29, 1.82) is 0 Å². The topological polar surface area (TPSA) is 92.8 Å². The highest BCUT2D eigenvalue weighted by atomic mass is 19.4. The molecule has 1 saturated heterocycles. The number of esters is 1. The van der Waals surface area contributed by atoms with Crippen molar-refractivity contribution < 1.29 is 37.1 Å². The minimum atomic E-state index is -4.70. The number of hydrogen-bond donors (Lipinski definition) is 1. The van der Waals surface area contributed by atoms with Crippen molar-refractivity contribution in [1.82, 2.24) is 4.90 Å². The van der Waals surface area contributed by atoms with Crippen LogP contribution in [0.25, 0.3) is 0 Å². The molecule has 7 rings (SSSR count). The number of likely N-dealkylation sites (tertiary alicyclic amines) is 1. The number of para-hydroxylation sites is 1. The van der Waals surface area contributed by atoms with Crippen LogP contribution in [0.2, 0.25) is 0 Å². The largest absolute Gasteiger partial charge is 0.454 e. The van der Waals surface area contributed by atoms with Gasteiger partial charge in [0.25, 0.3) is 5.91 Å². The first-order chi connectivity index (χ1) is 20.6. The first-order valence-electron chi connectivity index (χ1n) is 14.3. The Balaban J connectivity index is 1.25. The minimum absolute atomic E-state index is 0.139. The van der Waals surface area contributed by atoms with Gasteiger partial charge in [-0.05, 0) is 40.8 Å². The van der Waals surface area contributed by atoms with Gasteiger partial charge in [0.05, 0.1) is 23.1 Å². The van der Waals surface area contributed by atoms with Crippen LogP contribution >= 0.6 is 0 Å². The van der Waals surface area contributed by atoms with Crippen LogP contribution in [0, 0.1) is 11.8 Å². The second-order valence-corrected chi connectivity index (χ2v) is 11.2. The lowest BCUT2D eigenvalue weighted by Gasteiger charge is -2.45. The van der Waals surface area contributed by atoms with Crippen LogP contribution in [0.4, 0.5) is 18.9 Å². The van der Waals surface area contributed by atoms with Crippen LogP contribution in [-0.4, -0.2) is 41.2 Å². The van der Waals surface area contributed by atoms with E-state index in [1.807, 2.05) is 55.5 Å².